The zero-order valence-corrected chi connectivity index (χ0v) is 11.3. The van der Waals surface area contributed by atoms with E-state index in [0.29, 0.717) is 19.8 Å². The zero-order chi connectivity index (χ0) is 13.7. The first-order valence-electron chi connectivity index (χ1n) is 6.65. The van der Waals surface area contributed by atoms with E-state index in [-0.39, 0.29) is 11.9 Å². The Labute approximate surface area is 113 Å². The molecule has 1 saturated heterocycles. The number of nitrogens with zero attached hydrogens (tertiary/aromatic N) is 1. The Bertz CT molecular complexity index is 419. The molecule has 1 fully saturated rings. The highest BCUT2D eigenvalue weighted by molar-refractivity contribution is 5.84. The molecule has 1 amide bonds. The van der Waals surface area contributed by atoms with Crippen molar-refractivity contribution in [2.75, 3.05) is 31.2 Å². The third-order valence-corrected chi connectivity index (χ3v) is 3.30. The minimum atomic E-state index is -0.367. The van der Waals surface area contributed by atoms with Gasteiger partial charge in [-0.05, 0) is 24.2 Å². The molecule has 1 heterocycles. The first-order valence-corrected chi connectivity index (χ1v) is 6.65. The number of rotatable bonds is 5. The summed E-state index contributed by atoms with van der Waals surface area (Å²) >= 11 is 0. The minimum Gasteiger partial charge on any atom is -0.377 e. The maximum absolute atomic E-state index is 11.4. The average Bonchev–Trinajstić information content (AvgIpc) is 2.45. The van der Waals surface area contributed by atoms with Crippen molar-refractivity contribution in [3.05, 3.63) is 29.8 Å². The maximum atomic E-state index is 11.4. The maximum Gasteiger partial charge on any atom is 0.242 e. The third-order valence-electron chi connectivity index (χ3n) is 3.30. The van der Waals surface area contributed by atoms with Crippen LogP contribution in [0.15, 0.2) is 24.3 Å². The van der Waals surface area contributed by atoms with Crippen molar-refractivity contribution in [3.8, 4) is 0 Å². The second kappa shape index (κ2) is 6.54. The van der Waals surface area contributed by atoms with Gasteiger partial charge in [-0.25, -0.2) is 0 Å². The summed E-state index contributed by atoms with van der Waals surface area (Å²) in [5, 5.41) is 3.28. The van der Waals surface area contributed by atoms with Gasteiger partial charge in [0.25, 0.3) is 0 Å². The lowest BCUT2D eigenvalue weighted by molar-refractivity contribution is -0.121. The van der Waals surface area contributed by atoms with Crippen molar-refractivity contribution < 1.29 is 9.53 Å². The summed E-state index contributed by atoms with van der Waals surface area (Å²) in [5.74, 6) is -0.337. The summed E-state index contributed by atoms with van der Waals surface area (Å²) in [5.41, 5.74) is 7.67. The Kier molecular flexibility index (Phi) is 4.76. The van der Waals surface area contributed by atoms with E-state index in [1.54, 1.807) is 0 Å². The van der Waals surface area contributed by atoms with E-state index in [2.05, 4.69) is 24.4 Å². The molecule has 0 radical (unpaired) electrons. The highest BCUT2D eigenvalue weighted by atomic mass is 16.5. The number of hydrogen-bond donors (Lipinski definition) is 2. The van der Waals surface area contributed by atoms with E-state index >= 15 is 0 Å². The van der Waals surface area contributed by atoms with Gasteiger partial charge in [0.1, 0.15) is 6.04 Å². The monoisotopic (exact) mass is 263 g/mol. The van der Waals surface area contributed by atoms with Gasteiger partial charge in [0, 0.05) is 18.8 Å². The molecule has 1 unspecified atom stereocenters. The van der Waals surface area contributed by atoms with Crippen molar-refractivity contribution in [3.63, 3.8) is 0 Å². The van der Waals surface area contributed by atoms with Crippen LogP contribution in [0.4, 0.5) is 5.69 Å². The Morgan fingerprint density at radius 3 is 2.84 bits per heavy atom. The molecule has 1 aromatic carbocycles. The summed E-state index contributed by atoms with van der Waals surface area (Å²) in [7, 11) is 0. The molecule has 0 saturated carbocycles. The topological polar surface area (TPSA) is 67.6 Å². The highest BCUT2D eigenvalue weighted by Gasteiger charge is 2.27. The van der Waals surface area contributed by atoms with Crippen LogP contribution >= 0.6 is 0 Å². The molecule has 1 aliphatic rings. The minimum absolute atomic E-state index is 0.337. The number of primary amides is 1. The van der Waals surface area contributed by atoms with Crippen molar-refractivity contribution in [2.45, 2.75) is 19.5 Å². The Balaban J connectivity index is 2.09. The zero-order valence-electron chi connectivity index (χ0n) is 11.3. The first kappa shape index (κ1) is 13.8. The van der Waals surface area contributed by atoms with Crippen LogP contribution in [-0.4, -0.2) is 38.3 Å². The van der Waals surface area contributed by atoms with E-state index < -0.39 is 0 Å². The van der Waals surface area contributed by atoms with E-state index in [1.165, 1.54) is 5.56 Å². The number of benzene rings is 1. The number of anilines is 1. The van der Waals surface area contributed by atoms with Crippen molar-refractivity contribution in [1.29, 1.82) is 0 Å². The molecule has 5 nitrogen and oxygen atoms in total. The van der Waals surface area contributed by atoms with E-state index in [0.717, 1.165) is 18.8 Å². The molecular weight excluding hydrogens is 242 g/mol. The normalized spacial score (nSPS) is 19.4. The largest absolute Gasteiger partial charge is 0.377 e. The van der Waals surface area contributed by atoms with Gasteiger partial charge in [-0.3, -0.25) is 4.79 Å². The fraction of sp³-hybridized carbons (Fsp3) is 0.500. The number of hydrogen-bond acceptors (Lipinski definition) is 4. The average molecular weight is 263 g/mol. The second-order valence-electron chi connectivity index (χ2n) is 4.63. The smallest absolute Gasteiger partial charge is 0.242 e. The SMILES string of the molecule is CCNCc1ccc(N2CCOCC2C(N)=O)cc1. The number of nitrogens with one attached hydrogen (secondary N) is 1. The van der Waals surface area contributed by atoms with E-state index in [9.17, 15) is 4.79 Å². The van der Waals surface area contributed by atoms with E-state index in [1.807, 2.05) is 17.0 Å². The van der Waals surface area contributed by atoms with Gasteiger partial charge in [-0.1, -0.05) is 19.1 Å². The molecule has 0 bridgehead atoms. The Hall–Kier alpha value is -1.59. The fourth-order valence-corrected chi connectivity index (χ4v) is 2.22. The summed E-state index contributed by atoms with van der Waals surface area (Å²) in [6, 6.07) is 7.85. The van der Waals surface area contributed by atoms with Crippen LogP contribution in [0.3, 0.4) is 0 Å². The van der Waals surface area contributed by atoms with Crippen molar-refractivity contribution in [2.24, 2.45) is 5.73 Å². The fourth-order valence-electron chi connectivity index (χ4n) is 2.22. The van der Waals surface area contributed by atoms with Crippen molar-refractivity contribution >= 4 is 11.6 Å². The summed E-state index contributed by atoms with van der Waals surface area (Å²) in [4.78, 5) is 13.5. The molecule has 0 aromatic heterocycles. The highest BCUT2D eigenvalue weighted by Crippen LogP contribution is 2.20. The molecule has 1 aromatic rings. The van der Waals surface area contributed by atoms with Crippen LogP contribution in [-0.2, 0) is 16.1 Å². The van der Waals surface area contributed by atoms with Crippen LogP contribution in [0.2, 0.25) is 0 Å². The number of amides is 1. The van der Waals surface area contributed by atoms with Crippen LogP contribution in [0.25, 0.3) is 0 Å². The first-order chi connectivity index (χ1) is 9.22. The van der Waals surface area contributed by atoms with Gasteiger partial charge in [-0.15, -0.1) is 0 Å². The number of carbonyl (C=O) groups is 1. The molecule has 3 N–H and O–H groups in total. The Morgan fingerprint density at radius 2 is 2.21 bits per heavy atom. The molecular formula is C14H21N3O2. The number of ether oxygens (including phenoxy) is 1. The van der Waals surface area contributed by atoms with Gasteiger partial charge >= 0.3 is 0 Å². The predicted octanol–water partition coefficient (Wildman–Crippen LogP) is 0.487. The van der Waals surface area contributed by atoms with Gasteiger partial charge in [0.15, 0.2) is 0 Å². The summed E-state index contributed by atoms with van der Waals surface area (Å²) in [6.45, 7) is 5.59. The molecule has 104 valence electrons. The van der Waals surface area contributed by atoms with Crippen LogP contribution in [0, 0.1) is 0 Å². The molecule has 5 heteroatoms. The number of carbonyl (C=O) groups excluding carboxylic acids is 1. The van der Waals surface area contributed by atoms with Gasteiger partial charge in [-0.2, -0.15) is 0 Å². The summed E-state index contributed by atoms with van der Waals surface area (Å²) < 4.78 is 5.32. The van der Waals surface area contributed by atoms with E-state index in [4.69, 9.17) is 10.5 Å². The standard InChI is InChI=1S/C14H21N3O2/c1-2-16-9-11-3-5-12(6-4-11)17-7-8-19-10-13(17)14(15)18/h3-6,13,16H,2,7-10H2,1H3,(H2,15,18). The van der Waals surface area contributed by atoms with Gasteiger partial charge in [0.2, 0.25) is 5.91 Å². The lowest BCUT2D eigenvalue weighted by Gasteiger charge is -2.35. The molecule has 1 atom stereocenters. The Morgan fingerprint density at radius 1 is 1.47 bits per heavy atom. The second-order valence-corrected chi connectivity index (χ2v) is 4.63. The quantitative estimate of drug-likeness (QED) is 0.811. The lowest BCUT2D eigenvalue weighted by atomic mass is 10.1. The number of nitrogens with two attached hydrogens (primary N) is 1. The summed E-state index contributed by atoms with van der Waals surface area (Å²) in [6.07, 6.45) is 0. The molecule has 2 rings (SSSR count). The molecule has 0 spiro atoms. The van der Waals surface area contributed by atoms with Crippen molar-refractivity contribution in [1.82, 2.24) is 5.32 Å². The molecule has 19 heavy (non-hydrogen) atoms. The lowest BCUT2D eigenvalue weighted by Crippen LogP contribution is -2.52. The molecule has 1 aliphatic heterocycles. The van der Waals surface area contributed by atoms with Gasteiger partial charge in [0.05, 0.1) is 13.2 Å². The third kappa shape index (κ3) is 3.45. The van der Waals surface area contributed by atoms with Crippen LogP contribution in [0.1, 0.15) is 12.5 Å². The predicted molar refractivity (Wildman–Crippen MR) is 75.0 cm³/mol. The van der Waals surface area contributed by atoms with Gasteiger partial charge < -0.3 is 20.7 Å². The van der Waals surface area contributed by atoms with Crippen LogP contribution < -0.4 is 16.0 Å². The molecule has 0 aliphatic carbocycles. The van der Waals surface area contributed by atoms with Crippen LogP contribution in [0.5, 0.6) is 0 Å². The number of morpholine rings is 1.